The monoisotopic (exact) mass is 386 g/mol. The summed E-state index contributed by atoms with van der Waals surface area (Å²) in [6.07, 6.45) is 1.25. The number of aliphatic hydroxyl groups excluding tert-OH is 1. The number of morpholine rings is 2. The molecule has 1 aromatic rings. The van der Waals surface area contributed by atoms with Crippen molar-refractivity contribution in [1.82, 2.24) is 9.80 Å². The van der Waals surface area contributed by atoms with E-state index in [0.29, 0.717) is 5.56 Å². The van der Waals surface area contributed by atoms with E-state index in [4.69, 9.17) is 10.00 Å². The predicted molar refractivity (Wildman–Crippen MR) is 111 cm³/mol. The zero-order valence-electron chi connectivity index (χ0n) is 17.4. The van der Waals surface area contributed by atoms with Crippen molar-refractivity contribution in [2.24, 2.45) is 5.41 Å². The molecule has 3 rings (SSSR count). The average Bonchev–Trinajstić information content (AvgIpc) is 2.64. The number of nitrogens with one attached hydrogen (secondary N) is 1. The average molecular weight is 387 g/mol. The van der Waals surface area contributed by atoms with E-state index < -0.39 is 0 Å². The molecule has 6 heteroatoms. The number of hydrogen-bond donors (Lipinski definition) is 2. The smallest absolute Gasteiger partial charge is 0.0991 e. The lowest BCUT2D eigenvalue weighted by Gasteiger charge is -2.47. The summed E-state index contributed by atoms with van der Waals surface area (Å²) >= 11 is 0. The summed E-state index contributed by atoms with van der Waals surface area (Å²) in [5, 5.41) is 22.7. The lowest BCUT2D eigenvalue weighted by molar-refractivity contribution is -0.145. The number of hydrogen-bond acceptors (Lipinski definition) is 6. The van der Waals surface area contributed by atoms with Gasteiger partial charge in [-0.15, -0.1) is 0 Å². The van der Waals surface area contributed by atoms with Crippen molar-refractivity contribution in [3.05, 3.63) is 29.8 Å². The van der Waals surface area contributed by atoms with Crippen LogP contribution in [-0.2, 0) is 4.74 Å². The van der Waals surface area contributed by atoms with Crippen LogP contribution in [0.25, 0.3) is 0 Å². The second-order valence-electron chi connectivity index (χ2n) is 9.21. The highest BCUT2D eigenvalue weighted by Gasteiger charge is 2.36. The number of nitrogens with zero attached hydrogens (tertiary/aromatic N) is 3. The first-order valence-electron chi connectivity index (χ1n) is 10.4. The van der Waals surface area contributed by atoms with Crippen molar-refractivity contribution in [3.8, 4) is 6.07 Å². The third kappa shape index (κ3) is 5.92. The first-order valence-corrected chi connectivity index (χ1v) is 10.4. The zero-order valence-corrected chi connectivity index (χ0v) is 17.4. The third-order valence-corrected chi connectivity index (χ3v) is 5.66. The van der Waals surface area contributed by atoms with Gasteiger partial charge in [-0.3, -0.25) is 9.80 Å². The summed E-state index contributed by atoms with van der Waals surface area (Å²) in [6.45, 7) is 12.7. The molecule has 2 N–H and O–H groups in total. The van der Waals surface area contributed by atoms with E-state index in [2.05, 4.69) is 42.0 Å². The van der Waals surface area contributed by atoms with E-state index in [0.717, 1.165) is 57.9 Å². The largest absolute Gasteiger partial charge is 0.391 e. The van der Waals surface area contributed by atoms with Gasteiger partial charge in [-0.05, 0) is 36.1 Å². The van der Waals surface area contributed by atoms with Crippen LogP contribution in [0, 0.1) is 16.7 Å². The highest BCUT2D eigenvalue weighted by molar-refractivity contribution is 5.47. The van der Waals surface area contributed by atoms with Crippen molar-refractivity contribution in [2.45, 2.75) is 45.5 Å². The fourth-order valence-electron chi connectivity index (χ4n) is 3.91. The quantitative estimate of drug-likeness (QED) is 0.700. The number of nitriles is 1. The molecule has 2 heterocycles. The third-order valence-electron chi connectivity index (χ3n) is 5.66. The topological polar surface area (TPSA) is 71.8 Å². The molecule has 3 atom stereocenters. The number of aliphatic hydroxyl groups is 1. The number of ether oxygens (including phenoxy) is 1. The van der Waals surface area contributed by atoms with Crippen LogP contribution in [0.4, 0.5) is 5.69 Å². The van der Waals surface area contributed by atoms with Crippen LogP contribution in [0.5, 0.6) is 0 Å². The molecule has 28 heavy (non-hydrogen) atoms. The summed E-state index contributed by atoms with van der Waals surface area (Å²) in [4.78, 5) is 4.88. The summed E-state index contributed by atoms with van der Waals surface area (Å²) in [7, 11) is 0. The Hall–Kier alpha value is -1.65. The zero-order chi connectivity index (χ0) is 20.1. The van der Waals surface area contributed by atoms with Crippen molar-refractivity contribution < 1.29 is 9.84 Å². The highest BCUT2D eigenvalue weighted by Crippen LogP contribution is 2.24. The lowest BCUT2D eigenvalue weighted by atomic mass is 9.88. The Morgan fingerprint density at radius 2 is 1.75 bits per heavy atom. The molecule has 154 valence electrons. The Morgan fingerprint density at radius 3 is 2.32 bits per heavy atom. The second kappa shape index (κ2) is 9.23. The summed E-state index contributed by atoms with van der Waals surface area (Å²) in [5.74, 6) is 0. The van der Waals surface area contributed by atoms with Crippen LogP contribution in [0.1, 0.15) is 32.8 Å². The number of fused-ring (bicyclic) bond motifs is 2. The van der Waals surface area contributed by atoms with E-state index >= 15 is 0 Å². The number of anilines is 1. The van der Waals surface area contributed by atoms with Crippen LogP contribution >= 0.6 is 0 Å². The lowest BCUT2D eigenvalue weighted by Crippen LogP contribution is -2.60. The molecule has 0 spiro atoms. The van der Waals surface area contributed by atoms with Crippen molar-refractivity contribution in [2.75, 3.05) is 51.1 Å². The van der Waals surface area contributed by atoms with Crippen LogP contribution in [0.15, 0.2) is 24.3 Å². The first-order chi connectivity index (χ1) is 13.3. The van der Waals surface area contributed by atoms with Crippen LogP contribution in [0.3, 0.4) is 0 Å². The first kappa shape index (κ1) is 21.1. The molecular formula is C22H34N4O2. The Bertz CT molecular complexity index is 651. The number of rotatable bonds is 7. The molecule has 0 radical (unpaired) electrons. The molecule has 2 aliphatic heterocycles. The van der Waals surface area contributed by atoms with E-state index in [1.807, 2.05) is 24.3 Å². The van der Waals surface area contributed by atoms with Crippen molar-refractivity contribution >= 4 is 5.69 Å². The Labute approximate surface area is 169 Å². The molecule has 2 bridgehead atoms. The minimum atomic E-state index is -0.310. The molecule has 3 unspecified atom stereocenters. The van der Waals surface area contributed by atoms with Gasteiger partial charge in [0.2, 0.25) is 0 Å². The SMILES string of the molecule is CC(C)(C)C(O)CN1CC2CN(CCCNc3ccc(C#N)cc3)CC(C1)O2. The molecule has 0 saturated carbocycles. The molecular weight excluding hydrogens is 352 g/mol. The van der Waals surface area contributed by atoms with Gasteiger partial charge in [-0.2, -0.15) is 5.26 Å². The molecule has 2 saturated heterocycles. The summed E-state index contributed by atoms with van der Waals surface area (Å²) in [6, 6.07) is 9.74. The normalized spacial score (nSPS) is 24.5. The number of benzene rings is 1. The van der Waals surface area contributed by atoms with E-state index in [1.54, 1.807) is 0 Å². The van der Waals surface area contributed by atoms with Gasteiger partial charge in [0.1, 0.15) is 0 Å². The van der Waals surface area contributed by atoms with E-state index in [-0.39, 0.29) is 23.7 Å². The van der Waals surface area contributed by atoms with Gasteiger partial charge in [0.25, 0.3) is 0 Å². The van der Waals surface area contributed by atoms with Crippen LogP contribution in [-0.4, -0.2) is 79.0 Å². The van der Waals surface area contributed by atoms with E-state index in [1.165, 1.54) is 0 Å². The summed E-state index contributed by atoms with van der Waals surface area (Å²) in [5.41, 5.74) is 1.67. The molecule has 0 aromatic heterocycles. The highest BCUT2D eigenvalue weighted by atomic mass is 16.5. The Kier molecular flexibility index (Phi) is 6.95. The van der Waals surface area contributed by atoms with Gasteiger partial charge in [-0.25, -0.2) is 0 Å². The fourth-order valence-corrected chi connectivity index (χ4v) is 3.91. The van der Waals surface area contributed by atoms with Crippen LogP contribution in [0.2, 0.25) is 0 Å². The van der Waals surface area contributed by atoms with Gasteiger partial charge in [0.05, 0.1) is 29.9 Å². The van der Waals surface area contributed by atoms with Gasteiger partial charge in [0.15, 0.2) is 0 Å². The van der Waals surface area contributed by atoms with Gasteiger partial charge < -0.3 is 15.2 Å². The predicted octanol–water partition coefficient (Wildman–Crippen LogP) is 2.15. The fraction of sp³-hybridized carbons (Fsp3) is 0.682. The molecule has 6 nitrogen and oxygen atoms in total. The van der Waals surface area contributed by atoms with Crippen LogP contribution < -0.4 is 5.32 Å². The molecule has 2 fully saturated rings. The second-order valence-corrected chi connectivity index (χ2v) is 9.21. The maximum atomic E-state index is 10.4. The van der Waals surface area contributed by atoms with Crippen molar-refractivity contribution in [1.29, 1.82) is 5.26 Å². The van der Waals surface area contributed by atoms with Gasteiger partial charge in [-0.1, -0.05) is 20.8 Å². The Morgan fingerprint density at radius 1 is 1.14 bits per heavy atom. The minimum absolute atomic E-state index is 0.0820. The molecule has 1 aromatic carbocycles. The van der Waals surface area contributed by atoms with Gasteiger partial charge in [0, 0.05) is 51.5 Å². The molecule has 0 amide bonds. The van der Waals surface area contributed by atoms with E-state index in [9.17, 15) is 5.11 Å². The van der Waals surface area contributed by atoms with Crippen molar-refractivity contribution in [3.63, 3.8) is 0 Å². The van der Waals surface area contributed by atoms with Gasteiger partial charge >= 0.3 is 0 Å². The maximum Gasteiger partial charge on any atom is 0.0991 e. The number of β-amino-alcohol motifs (C(OH)–C–C–N with tert-alkyl or cyclic N) is 1. The summed E-state index contributed by atoms with van der Waals surface area (Å²) < 4.78 is 6.14. The Balaban J connectivity index is 1.37. The minimum Gasteiger partial charge on any atom is -0.391 e. The molecule has 0 aliphatic carbocycles. The standard InChI is InChI=1S/C22H34N4O2/c1-22(2,3)21(27)16-26-14-19-12-25(13-20(15-26)28-19)10-4-9-24-18-7-5-17(11-23)6-8-18/h5-8,19-21,24,27H,4,9-10,12-16H2,1-3H3. The maximum absolute atomic E-state index is 10.4. The molecule has 2 aliphatic rings.